The molecule has 0 saturated heterocycles. The molecular formula is C68H49N7O. The van der Waals surface area contributed by atoms with Crippen molar-refractivity contribution in [3.63, 3.8) is 0 Å². The lowest BCUT2D eigenvalue weighted by Crippen LogP contribution is -2.25. The van der Waals surface area contributed by atoms with Crippen LogP contribution >= 0.6 is 0 Å². The largest absolute Gasteiger partial charge is 0.457 e. The Morgan fingerprint density at radius 1 is 0.434 bits per heavy atom. The molecule has 0 saturated carbocycles. The van der Waals surface area contributed by atoms with E-state index in [1.165, 1.54) is 49.6 Å². The average molecular weight is 980 g/mol. The summed E-state index contributed by atoms with van der Waals surface area (Å²) in [6.07, 6.45) is 5.50. The topological polar surface area (TPSA) is 64.2 Å². The monoisotopic (exact) mass is 979 g/mol. The summed E-state index contributed by atoms with van der Waals surface area (Å²) in [5, 5.41) is 4.77. The first-order valence-electron chi connectivity index (χ1n) is 25.9. The fourth-order valence-electron chi connectivity index (χ4n) is 12.0. The molecule has 0 atom stereocenters. The van der Waals surface area contributed by atoms with E-state index in [0.717, 1.165) is 78.6 Å². The molecule has 0 amide bonds. The van der Waals surface area contributed by atoms with E-state index in [4.69, 9.17) is 19.7 Å². The molecule has 0 N–H and O–H groups in total. The number of pyridine rings is 1. The smallest absolute Gasteiger partial charge is 0.178 e. The summed E-state index contributed by atoms with van der Waals surface area (Å²) in [5.41, 5.74) is 18.1. The minimum Gasteiger partial charge on any atom is -0.457 e. The second-order valence-electron chi connectivity index (χ2n) is 20.9. The first kappa shape index (κ1) is 43.8. The molecule has 362 valence electrons. The van der Waals surface area contributed by atoms with Gasteiger partial charge < -0.3 is 19.1 Å². The van der Waals surface area contributed by atoms with Gasteiger partial charge in [-0.15, -0.1) is 0 Å². The third-order valence-electron chi connectivity index (χ3n) is 15.4. The quantitative estimate of drug-likeness (QED) is 0.159. The van der Waals surface area contributed by atoms with Gasteiger partial charge in [0.05, 0.1) is 33.4 Å². The Hall–Kier alpha value is -9.79. The molecule has 2 aliphatic rings. The molecule has 0 unspecified atom stereocenters. The minimum absolute atomic E-state index is 0.0910. The van der Waals surface area contributed by atoms with Crippen molar-refractivity contribution in [3.05, 3.63) is 236 Å². The van der Waals surface area contributed by atoms with Gasteiger partial charge in [0.2, 0.25) is 0 Å². The van der Waals surface area contributed by atoms with E-state index in [1.54, 1.807) is 12.4 Å². The molecule has 13 aromatic rings. The number of rotatable bonds is 7. The number of benzene rings is 9. The lowest BCUT2D eigenvalue weighted by molar-refractivity contribution is 0.483. The highest BCUT2D eigenvalue weighted by Crippen LogP contribution is 2.52. The van der Waals surface area contributed by atoms with Crippen LogP contribution in [0, 0.1) is 0 Å². The van der Waals surface area contributed by atoms with Gasteiger partial charge in [-0.05, 0) is 87.8 Å². The van der Waals surface area contributed by atoms with Crippen molar-refractivity contribution in [2.24, 2.45) is 0 Å². The van der Waals surface area contributed by atoms with Gasteiger partial charge in [-0.1, -0.05) is 166 Å². The first-order valence-corrected chi connectivity index (χ1v) is 25.9. The van der Waals surface area contributed by atoms with Crippen LogP contribution in [0.1, 0.15) is 26.3 Å². The van der Waals surface area contributed by atoms with Gasteiger partial charge in [0.15, 0.2) is 11.6 Å². The number of fused-ring (bicyclic) bond motifs is 13. The highest BCUT2D eigenvalue weighted by atomic mass is 16.5. The molecular weight excluding hydrogens is 931 g/mol. The summed E-state index contributed by atoms with van der Waals surface area (Å²) in [7, 11) is 0. The Morgan fingerprint density at radius 2 is 1.08 bits per heavy atom. The predicted molar refractivity (Wildman–Crippen MR) is 311 cm³/mol. The predicted octanol–water partition coefficient (Wildman–Crippen LogP) is 17.4. The molecule has 0 spiro atoms. The third kappa shape index (κ3) is 6.73. The first-order chi connectivity index (χ1) is 37.4. The van der Waals surface area contributed by atoms with Crippen molar-refractivity contribution in [3.8, 4) is 67.5 Å². The Kier molecular flexibility index (Phi) is 9.72. The van der Waals surface area contributed by atoms with Crippen LogP contribution in [-0.4, -0.2) is 30.8 Å². The van der Waals surface area contributed by atoms with Gasteiger partial charge >= 0.3 is 0 Å². The van der Waals surface area contributed by atoms with Gasteiger partial charge in [-0.3, -0.25) is 4.57 Å². The number of hydrogen-bond donors (Lipinski definition) is 0. The number of para-hydroxylation sites is 3. The van der Waals surface area contributed by atoms with Crippen LogP contribution in [-0.2, 0) is 5.41 Å². The van der Waals surface area contributed by atoms with Crippen molar-refractivity contribution in [1.82, 2.24) is 24.1 Å². The number of ether oxygens (including phenoxy) is 1. The second-order valence-corrected chi connectivity index (χ2v) is 20.9. The van der Waals surface area contributed by atoms with Gasteiger partial charge in [0, 0.05) is 80.2 Å². The van der Waals surface area contributed by atoms with Crippen LogP contribution in [0.5, 0.6) is 11.5 Å². The van der Waals surface area contributed by atoms with Crippen molar-refractivity contribution in [2.45, 2.75) is 26.2 Å². The zero-order chi connectivity index (χ0) is 50.6. The highest BCUT2D eigenvalue weighted by Gasteiger charge is 2.34. The van der Waals surface area contributed by atoms with Crippen LogP contribution < -0.4 is 14.5 Å². The fraction of sp³-hybridized carbons (Fsp3) is 0.0735. The number of anilines is 4. The van der Waals surface area contributed by atoms with Crippen LogP contribution in [0.25, 0.3) is 99.6 Å². The number of hydrogen-bond acceptors (Lipinski definition) is 6. The highest BCUT2D eigenvalue weighted by molar-refractivity contribution is 6.23. The third-order valence-corrected chi connectivity index (χ3v) is 15.4. The lowest BCUT2D eigenvalue weighted by Gasteiger charge is -2.26. The summed E-state index contributed by atoms with van der Waals surface area (Å²) in [6.45, 7) is 7.25. The van der Waals surface area contributed by atoms with Crippen molar-refractivity contribution in [1.29, 1.82) is 0 Å². The molecule has 2 aliphatic heterocycles. The van der Waals surface area contributed by atoms with Crippen LogP contribution in [0.4, 0.5) is 23.0 Å². The van der Waals surface area contributed by atoms with Crippen molar-refractivity contribution < 1.29 is 4.74 Å². The Bertz CT molecular complexity index is 4420. The maximum atomic E-state index is 7.00. The molecule has 0 aliphatic carbocycles. The van der Waals surface area contributed by atoms with E-state index >= 15 is 0 Å². The van der Waals surface area contributed by atoms with Gasteiger partial charge in [-0.2, -0.15) is 0 Å². The van der Waals surface area contributed by atoms with E-state index in [-0.39, 0.29) is 5.41 Å². The molecule has 8 heteroatoms. The Balaban J connectivity index is 0.880. The number of aromatic nitrogens is 5. The average Bonchev–Trinajstić information content (AvgIpc) is 4.32. The normalized spacial score (nSPS) is 12.8. The minimum atomic E-state index is -0.0910. The molecule has 4 aromatic heterocycles. The SMILES string of the molecule is CC(C)(C)c1ccnc(-n2c3cc(Oc4cccc(N5CN(c6c(-c7ccccc7)cccc6-c6ccccc6)c6nccnc65)c4)ccc3c3c4c(ccc32)-n2c3ccccc3c3cccc(c32)-c2ccccc2-4)c1. The number of nitrogens with zero attached hydrogens (tertiary/aromatic N) is 7. The van der Waals surface area contributed by atoms with Gasteiger partial charge in [-0.25, -0.2) is 15.0 Å². The summed E-state index contributed by atoms with van der Waals surface area (Å²) >= 11 is 0. The Morgan fingerprint density at radius 3 is 1.86 bits per heavy atom. The van der Waals surface area contributed by atoms with E-state index in [0.29, 0.717) is 18.2 Å². The van der Waals surface area contributed by atoms with E-state index in [2.05, 4.69) is 246 Å². The van der Waals surface area contributed by atoms with E-state index in [1.807, 2.05) is 12.3 Å². The van der Waals surface area contributed by atoms with Crippen LogP contribution in [0.15, 0.2) is 231 Å². The maximum absolute atomic E-state index is 7.00. The summed E-state index contributed by atoms with van der Waals surface area (Å²) < 4.78 is 11.8. The summed E-state index contributed by atoms with van der Waals surface area (Å²) in [4.78, 5) is 19.6. The second kappa shape index (κ2) is 16.9. The molecule has 76 heavy (non-hydrogen) atoms. The fourth-order valence-corrected chi connectivity index (χ4v) is 12.0. The molecule has 0 fully saturated rings. The van der Waals surface area contributed by atoms with Gasteiger partial charge in [0.25, 0.3) is 0 Å². The molecule has 8 nitrogen and oxygen atoms in total. The molecule has 9 aromatic carbocycles. The summed E-state index contributed by atoms with van der Waals surface area (Å²) in [6, 6.07) is 76.0. The molecule has 15 rings (SSSR count). The van der Waals surface area contributed by atoms with Crippen molar-refractivity contribution in [2.75, 3.05) is 16.5 Å². The van der Waals surface area contributed by atoms with Crippen LogP contribution in [0.3, 0.4) is 0 Å². The van der Waals surface area contributed by atoms with E-state index in [9.17, 15) is 0 Å². The maximum Gasteiger partial charge on any atom is 0.178 e. The Labute approximate surface area is 440 Å². The zero-order valence-electron chi connectivity index (χ0n) is 42.2. The molecule has 6 heterocycles. The van der Waals surface area contributed by atoms with E-state index < -0.39 is 0 Å². The zero-order valence-corrected chi connectivity index (χ0v) is 42.2. The van der Waals surface area contributed by atoms with Crippen molar-refractivity contribution >= 4 is 66.6 Å². The molecule has 0 radical (unpaired) electrons. The van der Waals surface area contributed by atoms with Gasteiger partial charge in [0.1, 0.15) is 24.0 Å². The summed E-state index contributed by atoms with van der Waals surface area (Å²) in [5.74, 6) is 3.83. The van der Waals surface area contributed by atoms with Crippen LogP contribution in [0.2, 0.25) is 0 Å². The lowest BCUT2D eigenvalue weighted by atomic mass is 9.88. The molecule has 0 bridgehead atoms. The standard InChI is InChI=1S/C68H49N7O/c1-68(2,3)45-35-36-69-61(39-45)74-58-33-34-59-62(53-25-11-10-23-51(53)54-28-16-29-55-52-24-12-13-30-57(52)75(59)65(54)55)63(58)56-32-31-48(41-60(56)74)76-47-22-14-21-46(40-47)72-42-73(67-66(72)70-37-38-71-67)64-49(43-17-6-4-7-18-43)26-15-27-50(64)44-19-8-5-9-20-44/h4-41H,42H2,1-3H3.